The summed E-state index contributed by atoms with van der Waals surface area (Å²) in [5, 5.41) is 3.73. The first kappa shape index (κ1) is 19.0. The number of hydrogen-bond donors (Lipinski definition) is 0. The average Bonchev–Trinajstić information content (AvgIpc) is 2.68. The molecule has 1 aromatic rings. The normalized spacial score (nSPS) is 15.2. The zero-order valence-corrected chi connectivity index (χ0v) is 15.7. The number of ether oxygens (including phenoxy) is 1. The van der Waals surface area contributed by atoms with Crippen molar-refractivity contribution in [2.45, 2.75) is 39.5 Å². The van der Waals surface area contributed by atoms with E-state index in [1.807, 2.05) is 0 Å². The molecular weight excluding hydrogens is 313 g/mol. The summed E-state index contributed by atoms with van der Waals surface area (Å²) in [6.45, 7) is 0.397. The molecule has 0 fully saturated rings. The third-order valence-corrected chi connectivity index (χ3v) is 2.91. The second-order valence-corrected chi connectivity index (χ2v) is 5.75. The van der Waals surface area contributed by atoms with Crippen LogP contribution in [0.3, 0.4) is 0 Å². The van der Waals surface area contributed by atoms with Crippen LogP contribution in [0.5, 0.6) is 0 Å². The average molecular weight is 329 g/mol. The van der Waals surface area contributed by atoms with Crippen LogP contribution in [0, 0.1) is 0 Å². The Bertz CT molecular complexity index is 528. The summed E-state index contributed by atoms with van der Waals surface area (Å²) in [6, 6.07) is 0. The molecule has 1 aliphatic heterocycles. The predicted molar refractivity (Wildman–Crippen MR) is 67.6 cm³/mol. The van der Waals surface area contributed by atoms with Gasteiger partial charge in [0.05, 0.1) is 13.1 Å². The molecule has 0 spiro atoms. The molecule has 112 valence electrons. The first-order chi connectivity index (χ1) is 9.08. The number of halogens is 3. The second kappa shape index (κ2) is 6.61. The van der Waals surface area contributed by atoms with Crippen LogP contribution in [0.15, 0.2) is 6.20 Å². The van der Waals surface area contributed by atoms with Crippen molar-refractivity contribution in [3.8, 4) is 0 Å². The Balaban J connectivity index is 0.00000220. The molecule has 21 heavy (non-hydrogen) atoms. The number of rotatable bonds is 1. The summed E-state index contributed by atoms with van der Waals surface area (Å²) >= 11 is 0. The van der Waals surface area contributed by atoms with E-state index in [4.69, 9.17) is 4.74 Å². The summed E-state index contributed by atoms with van der Waals surface area (Å²) in [6.07, 6.45) is 0.221. The minimum atomic E-state index is -5.13. The molecule has 5 nitrogen and oxygen atoms in total. The molecule has 0 saturated carbocycles. The Labute approximate surface area is 163 Å². The fraction of sp³-hybridized carbons (Fsp3) is 0.636. The van der Waals surface area contributed by atoms with E-state index >= 15 is 0 Å². The molecule has 1 aromatic heterocycles. The van der Waals surface area contributed by atoms with Crippen molar-refractivity contribution in [3.63, 3.8) is 0 Å². The molecule has 2 heterocycles. The summed E-state index contributed by atoms with van der Waals surface area (Å²) in [5.74, 6) is 0. The van der Waals surface area contributed by atoms with E-state index in [0.29, 0.717) is 0 Å². The number of nitrogens with zero attached hydrogens (tertiary/aromatic N) is 3. The Morgan fingerprint density at radius 3 is 2.48 bits per heavy atom. The van der Waals surface area contributed by atoms with Gasteiger partial charge in [0, 0.05) is 18.4 Å². The standard InChI is InChI=1S/C11H16BF3N3O2.K/c1-11(2,3)20-10(19)17-4-5-18-9(7-17)8(6-16-18)12(13,14)15;/h6H,4-5,7H2,1-3H3;/q-1;+1. The number of hydrogen-bond acceptors (Lipinski definition) is 3. The van der Waals surface area contributed by atoms with Crippen LogP contribution in [0.2, 0.25) is 0 Å². The Morgan fingerprint density at radius 1 is 1.33 bits per heavy atom. The molecule has 0 N–H and O–H groups in total. The Hall–Kier alpha value is -0.0287. The summed E-state index contributed by atoms with van der Waals surface area (Å²) in [4.78, 5) is 13.2. The molecule has 0 aliphatic carbocycles. The van der Waals surface area contributed by atoms with Crippen LogP contribution in [-0.2, 0) is 17.8 Å². The molecule has 10 heteroatoms. The molecular formula is C11H16BF3KN3O2. The second-order valence-electron chi connectivity index (χ2n) is 5.75. The van der Waals surface area contributed by atoms with Crippen LogP contribution < -0.4 is 56.8 Å². The molecule has 2 rings (SSSR count). The van der Waals surface area contributed by atoms with Crippen molar-refractivity contribution in [2.75, 3.05) is 6.54 Å². The van der Waals surface area contributed by atoms with Crippen molar-refractivity contribution in [1.29, 1.82) is 0 Å². The zero-order chi connectivity index (χ0) is 15.1. The van der Waals surface area contributed by atoms with E-state index in [9.17, 15) is 17.7 Å². The van der Waals surface area contributed by atoms with Crippen LogP contribution >= 0.6 is 0 Å². The van der Waals surface area contributed by atoms with Gasteiger partial charge in [-0.3, -0.25) is 4.68 Å². The van der Waals surface area contributed by atoms with Gasteiger partial charge in [-0.25, -0.2) is 4.79 Å². The molecule has 0 bridgehead atoms. The van der Waals surface area contributed by atoms with Gasteiger partial charge in [-0.1, -0.05) is 5.46 Å². The molecule has 1 amide bonds. The Kier molecular flexibility index (Phi) is 5.99. The summed E-state index contributed by atoms with van der Waals surface area (Å²) < 4.78 is 45.1. The number of carbonyl (C=O) groups excluding carboxylic acids is 1. The largest absolute Gasteiger partial charge is 1.00 e. The van der Waals surface area contributed by atoms with Crippen LogP contribution in [0.25, 0.3) is 0 Å². The molecule has 1 aliphatic rings. The predicted octanol–water partition coefficient (Wildman–Crippen LogP) is -1.31. The number of fused-ring (bicyclic) bond motifs is 1. The first-order valence-electron chi connectivity index (χ1n) is 6.30. The van der Waals surface area contributed by atoms with Crippen molar-refractivity contribution in [1.82, 2.24) is 14.7 Å². The van der Waals surface area contributed by atoms with Crippen LogP contribution in [-0.4, -0.2) is 39.9 Å². The summed E-state index contributed by atoms with van der Waals surface area (Å²) in [5.41, 5.74) is -1.39. The van der Waals surface area contributed by atoms with Gasteiger partial charge < -0.3 is 22.6 Å². The van der Waals surface area contributed by atoms with Crippen molar-refractivity contribution in [2.24, 2.45) is 0 Å². The van der Waals surface area contributed by atoms with Crippen molar-refractivity contribution >= 4 is 18.5 Å². The van der Waals surface area contributed by atoms with Crippen molar-refractivity contribution < 1.29 is 73.9 Å². The van der Waals surface area contributed by atoms with E-state index in [2.05, 4.69) is 5.10 Å². The molecule has 0 atom stereocenters. The Morgan fingerprint density at radius 2 is 1.95 bits per heavy atom. The van der Waals surface area contributed by atoms with Gasteiger partial charge in [0.2, 0.25) is 0 Å². The van der Waals surface area contributed by atoms with E-state index in [1.54, 1.807) is 20.8 Å². The minimum absolute atomic E-state index is 0. The maximum Gasteiger partial charge on any atom is 1.00 e. The van der Waals surface area contributed by atoms with Gasteiger partial charge in [0.1, 0.15) is 5.60 Å². The monoisotopic (exact) mass is 329 g/mol. The fourth-order valence-corrected chi connectivity index (χ4v) is 2.02. The topological polar surface area (TPSA) is 47.4 Å². The maximum atomic E-state index is 12.9. The van der Waals surface area contributed by atoms with Gasteiger partial charge in [-0.2, -0.15) is 5.10 Å². The summed E-state index contributed by atoms with van der Waals surface area (Å²) in [7, 11) is 0. The third-order valence-electron chi connectivity index (χ3n) is 2.91. The minimum Gasteiger partial charge on any atom is -0.445 e. The first-order valence-corrected chi connectivity index (χ1v) is 6.30. The number of carbonyl (C=O) groups is 1. The maximum absolute atomic E-state index is 12.9. The van der Waals surface area contributed by atoms with Gasteiger partial charge in [-0.15, -0.1) is 0 Å². The van der Waals surface area contributed by atoms with Gasteiger partial charge in [-0.05, 0) is 20.8 Å². The van der Waals surface area contributed by atoms with E-state index in [0.717, 1.165) is 6.20 Å². The smallest absolute Gasteiger partial charge is 0.445 e. The van der Waals surface area contributed by atoms with E-state index in [-0.39, 0.29) is 76.7 Å². The van der Waals surface area contributed by atoms with E-state index < -0.39 is 24.1 Å². The number of aromatic nitrogens is 2. The SMILES string of the molecule is CC(C)(C)OC(=O)N1CCn2ncc([B-](F)(F)F)c2C1.[K+]. The fourth-order valence-electron chi connectivity index (χ4n) is 2.02. The molecule has 0 saturated heterocycles. The van der Waals surface area contributed by atoms with E-state index in [1.165, 1.54) is 9.58 Å². The molecule has 0 radical (unpaired) electrons. The van der Waals surface area contributed by atoms with Crippen molar-refractivity contribution in [3.05, 3.63) is 11.9 Å². The quantitative estimate of drug-likeness (QED) is 0.602. The molecule has 0 aromatic carbocycles. The van der Waals surface area contributed by atoms with Gasteiger partial charge in [0.15, 0.2) is 0 Å². The van der Waals surface area contributed by atoms with Gasteiger partial charge >= 0.3 is 64.5 Å². The molecule has 0 unspecified atom stereocenters. The van der Waals surface area contributed by atoms with Crippen LogP contribution in [0.4, 0.5) is 17.7 Å². The van der Waals surface area contributed by atoms with Crippen LogP contribution in [0.1, 0.15) is 26.5 Å². The third kappa shape index (κ3) is 4.72. The van der Waals surface area contributed by atoms with Gasteiger partial charge in [0.25, 0.3) is 0 Å². The zero-order valence-electron chi connectivity index (χ0n) is 12.6. The number of amides is 1.